The second-order valence-corrected chi connectivity index (χ2v) is 5.78. The molecule has 1 unspecified atom stereocenters. The first-order valence-electron chi connectivity index (χ1n) is 7.73. The van der Waals surface area contributed by atoms with Crippen molar-refractivity contribution in [3.63, 3.8) is 0 Å². The summed E-state index contributed by atoms with van der Waals surface area (Å²) in [5, 5.41) is 12.9. The Morgan fingerprint density at radius 1 is 1.38 bits per heavy atom. The molecule has 0 bridgehead atoms. The molecular formula is C16H16FN3O4. The number of hydrogen-bond acceptors (Lipinski definition) is 6. The first-order valence-corrected chi connectivity index (χ1v) is 7.73. The number of para-hydroxylation sites is 2. The van der Waals surface area contributed by atoms with Gasteiger partial charge in [-0.05, 0) is 18.6 Å². The Morgan fingerprint density at radius 3 is 2.92 bits per heavy atom. The highest BCUT2D eigenvalue weighted by atomic mass is 19.1. The molecule has 2 aliphatic rings. The fourth-order valence-electron chi connectivity index (χ4n) is 2.97. The molecule has 2 aliphatic heterocycles. The number of alkyl halides is 1. The van der Waals surface area contributed by atoms with Gasteiger partial charge in [0.25, 0.3) is 0 Å². The van der Waals surface area contributed by atoms with Crippen LogP contribution in [0.4, 0.5) is 15.9 Å². The number of nitrogens with one attached hydrogen (secondary N) is 1. The number of nitrogens with zero attached hydrogens (tertiary/aromatic N) is 2. The van der Waals surface area contributed by atoms with Crippen LogP contribution in [0, 0.1) is 0 Å². The highest BCUT2D eigenvalue weighted by molar-refractivity contribution is 5.72. The van der Waals surface area contributed by atoms with Crippen LogP contribution in [0.3, 0.4) is 0 Å². The van der Waals surface area contributed by atoms with Crippen molar-refractivity contribution in [3.8, 4) is 11.5 Å². The van der Waals surface area contributed by atoms with Crippen molar-refractivity contribution in [2.45, 2.75) is 38.0 Å². The van der Waals surface area contributed by atoms with Crippen LogP contribution < -0.4 is 15.7 Å². The lowest BCUT2D eigenvalue weighted by Crippen LogP contribution is -2.33. The minimum atomic E-state index is -1.71. The lowest BCUT2D eigenvalue weighted by Gasteiger charge is -2.23. The SMILES string of the molecule is CC[C@H]1O[C@@H](n2cc3c(nc2=O)Nc2ccccc2O3)[C@@H](F)C1O. The number of ether oxygens (including phenoxy) is 2. The second kappa shape index (κ2) is 5.57. The van der Waals surface area contributed by atoms with E-state index in [0.717, 1.165) is 4.57 Å². The van der Waals surface area contributed by atoms with Gasteiger partial charge in [-0.3, -0.25) is 4.57 Å². The van der Waals surface area contributed by atoms with E-state index in [2.05, 4.69) is 10.3 Å². The fraction of sp³-hybridized carbons (Fsp3) is 0.375. The highest BCUT2D eigenvalue weighted by Crippen LogP contribution is 2.40. The van der Waals surface area contributed by atoms with E-state index < -0.39 is 30.3 Å². The number of benzene rings is 1. The topological polar surface area (TPSA) is 85.6 Å². The van der Waals surface area contributed by atoms with E-state index in [1.54, 1.807) is 19.1 Å². The predicted octanol–water partition coefficient (Wildman–Crippen LogP) is 2.10. The molecule has 0 radical (unpaired) electrons. The summed E-state index contributed by atoms with van der Waals surface area (Å²) < 4.78 is 26.6. The number of fused-ring (bicyclic) bond motifs is 2. The summed E-state index contributed by atoms with van der Waals surface area (Å²) in [6.07, 6.45) is -3.07. The van der Waals surface area contributed by atoms with Crippen LogP contribution in [0.1, 0.15) is 19.6 Å². The van der Waals surface area contributed by atoms with Crippen molar-refractivity contribution in [2.24, 2.45) is 0 Å². The predicted molar refractivity (Wildman–Crippen MR) is 83.4 cm³/mol. The maximum atomic E-state index is 14.3. The van der Waals surface area contributed by atoms with Crippen molar-refractivity contribution < 1.29 is 19.0 Å². The number of aliphatic hydroxyl groups excluding tert-OH is 1. The molecule has 7 nitrogen and oxygen atoms in total. The van der Waals surface area contributed by atoms with Gasteiger partial charge in [-0.2, -0.15) is 4.98 Å². The second-order valence-electron chi connectivity index (χ2n) is 5.78. The molecule has 0 amide bonds. The van der Waals surface area contributed by atoms with Crippen molar-refractivity contribution in [1.29, 1.82) is 0 Å². The summed E-state index contributed by atoms with van der Waals surface area (Å²) in [6.45, 7) is 1.78. The van der Waals surface area contributed by atoms with Crippen LogP contribution >= 0.6 is 0 Å². The van der Waals surface area contributed by atoms with E-state index in [-0.39, 0.29) is 5.82 Å². The van der Waals surface area contributed by atoms with Crippen LogP contribution in [0.5, 0.6) is 11.5 Å². The molecule has 4 atom stereocenters. The number of rotatable bonds is 2. The van der Waals surface area contributed by atoms with Gasteiger partial charge < -0.3 is 19.9 Å². The van der Waals surface area contributed by atoms with Crippen LogP contribution in [0.15, 0.2) is 35.3 Å². The molecule has 1 aromatic carbocycles. The number of anilines is 2. The quantitative estimate of drug-likeness (QED) is 0.747. The molecule has 1 saturated heterocycles. The summed E-state index contributed by atoms with van der Waals surface area (Å²) in [5.74, 6) is 1.13. The monoisotopic (exact) mass is 333 g/mol. The maximum absolute atomic E-state index is 14.3. The molecule has 126 valence electrons. The highest BCUT2D eigenvalue weighted by Gasteiger charge is 2.45. The fourth-order valence-corrected chi connectivity index (χ4v) is 2.97. The van der Waals surface area contributed by atoms with Crippen molar-refractivity contribution in [1.82, 2.24) is 9.55 Å². The number of aliphatic hydroxyl groups is 1. The Bertz CT molecular complexity index is 840. The van der Waals surface area contributed by atoms with Crippen LogP contribution in [0.25, 0.3) is 0 Å². The normalized spacial score (nSPS) is 27.8. The minimum Gasteiger partial charge on any atom is -0.450 e. The lowest BCUT2D eigenvalue weighted by molar-refractivity contribution is -0.0282. The first-order chi connectivity index (χ1) is 11.6. The Labute approximate surface area is 136 Å². The first kappa shape index (κ1) is 15.1. The van der Waals surface area contributed by atoms with E-state index in [1.165, 1.54) is 6.20 Å². The largest absolute Gasteiger partial charge is 0.450 e. The smallest absolute Gasteiger partial charge is 0.352 e. The Morgan fingerprint density at radius 2 is 2.17 bits per heavy atom. The van der Waals surface area contributed by atoms with Gasteiger partial charge >= 0.3 is 5.69 Å². The third-order valence-corrected chi connectivity index (χ3v) is 4.25. The Balaban J connectivity index is 1.72. The Kier molecular flexibility index (Phi) is 3.50. The zero-order valence-corrected chi connectivity index (χ0v) is 12.8. The molecule has 1 aromatic heterocycles. The number of hydrogen-bond donors (Lipinski definition) is 2. The average molecular weight is 333 g/mol. The molecule has 3 heterocycles. The van der Waals surface area contributed by atoms with Crippen molar-refractivity contribution in [3.05, 3.63) is 40.9 Å². The lowest BCUT2D eigenvalue weighted by atomic mass is 10.1. The summed E-state index contributed by atoms with van der Waals surface area (Å²) >= 11 is 0. The Hall–Kier alpha value is -2.45. The van der Waals surface area contributed by atoms with E-state index in [0.29, 0.717) is 23.6 Å². The van der Waals surface area contributed by atoms with Crippen LogP contribution in [-0.4, -0.2) is 33.0 Å². The molecule has 2 N–H and O–H groups in total. The molecule has 0 spiro atoms. The standard InChI is InChI=1S/C16H16FN3O4/c1-2-9-13(21)12(17)15(24-9)20-7-11-14(19-16(20)22)18-8-5-3-4-6-10(8)23-11/h3-7,9,12-13,15,21H,2H2,1H3,(H,18,19,22)/t9-,12+,13?,15-/m1/s1. The van der Waals surface area contributed by atoms with Gasteiger partial charge in [0.15, 0.2) is 29.7 Å². The van der Waals surface area contributed by atoms with E-state index in [4.69, 9.17) is 9.47 Å². The van der Waals surface area contributed by atoms with Gasteiger partial charge in [-0.25, -0.2) is 9.18 Å². The van der Waals surface area contributed by atoms with Gasteiger partial charge in [0, 0.05) is 0 Å². The van der Waals surface area contributed by atoms with Gasteiger partial charge in [-0.15, -0.1) is 0 Å². The van der Waals surface area contributed by atoms with Crippen LogP contribution in [0.2, 0.25) is 0 Å². The summed E-state index contributed by atoms with van der Waals surface area (Å²) in [7, 11) is 0. The summed E-state index contributed by atoms with van der Waals surface area (Å²) in [5.41, 5.74) is 0.0115. The molecule has 0 aliphatic carbocycles. The zero-order chi connectivity index (χ0) is 16.8. The third-order valence-electron chi connectivity index (χ3n) is 4.25. The molecule has 8 heteroatoms. The molecule has 2 aromatic rings. The maximum Gasteiger partial charge on any atom is 0.352 e. The van der Waals surface area contributed by atoms with Gasteiger partial charge in [-0.1, -0.05) is 19.1 Å². The number of aromatic nitrogens is 2. The van der Waals surface area contributed by atoms with Gasteiger partial charge in [0.1, 0.15) is 6.10 Å². The summed E-state index contributed by atoms with van der Waals surface area (Å²) in [4.78, 5) is 16.2. The van der Waals surface area contributed by atoms with Gasteiger partial charge in [0.05, 0.1) is 18.0 Å². The van der Waals surface area contributed by atoms with Crippen molar-refractivity contribution in [2.75, 3.05) is 5.32 Å². The van der Waals surface area contributed by atoms with Gasteiger partial charge in [0.2, 0.25) is 0 Å². The van der Waals surface area contributed by atoms with E-state index in [9.17, 15) is 14.3 Å². The van der Waals surface area contributed by atoms with Crippen molar-refractivity contribution >= 4 is 11.5 Å². The molecular weight excluding hydrogens is 317 g/mol. The van der Waals surface area contributed by atoms with Crippen LogP contribution in [-0.2, 0) is 4.74 Å². The zero-order valence-electron chi connectivity index (χ0n) is 12.8. The third kappa shape index (κ3) is 2.26. The average Bonchev–Trinajstić information content (AvgIpc) is 2.87. The van der Waals surface area contributed by atoms with E-state index in [1.807, 2.05) is 12.1 Å². The summed E-state index contributed by atoms with van der Waals surface area (Å²) in [6, 6.07) is 7.20. The number of halogens is 1. The minimum absolute atomic E-state index is 0.260. The molecule has 4 rings (SSSR count). The van der Waals surface area contributed by atoms with E-state index >= 15 is 0 Å². The molecule has 24 heavy (non-hydrogen) atoms. The molecule has 0 saturated carbocycles. The molecule has 1 fully saturated rings.